The van der Waals surface area contributed by atoms with Crippen molar-refractivity contribution in [2.75, 3.05) is 11.5 Å². The third-order valence-electron chi connectivity index (χ3n) is 5.35. The van der Waals surface area contributed by atoms with E-state index in [1.165, 1.54) is 47.1 Å². The number of aromatic nitrogens is 1. The van der Waals surface area contributed by atoms with Crippen LogP contribution in [0.2, 0.25) is 0 Å². The summed E-state index contributed by atoms with van der Waals surface area (Å²) in [7, 11) is 0.366. The minimum atomic E-state index is -0.292. The summed E-state index contributed by atoms with van der Waals surface area (Å²) < 4.78 is 7.67. The lowest BCUT2D eigenvalue weighted by atomic mass is 10.1. The predicted molar refractivity (Wildman–Crippen MR) is 117 cm³/mol. The normalized spacial score (nSPS) is 14.8. The Labute approximate surface area is 167 Å². The van der Waals surface area contributed by atoms with Crippen LogP contribution in [0.5, 0.6) is 5.75 Å². The molecular formula is C24H22NO2S+. The largest absolute Gasteiger partial charge is 0.427 e. The van der Waals surface area contributed by atoms with E-state index in [-0.39, 0.29) is 5.97 Å². The van der Waals surface area contributed by atoms with E-state index in [1.807, 2.05) is 18.2 Å². The van der Waals surface area contributed by atoms with Gasteiger partial charge in [-0.2, -0.15) is 0 Å². The lowest BCUT2D eigenvalue weighted by Crippen LogP contribution is -2.03. The van der Waals surface area contributed by atoms with Crippen LogP contribution in [0.15, 0.2) is 71.6 Å². The molecule has 2 heterocycles. The molecule has 28 heavy (non-hydrogen) atoms. The zero-order valence-electron chi connectivity index (χ0n) is 15.9. The van der Waals surface area contributed by atoms with E-state index in [2.05, 4.69) is 53.1 Å². The minimum absolute atomic E-state index is 0.292. The van der Waals surface area contributed by atoms with Crippen LogP contribution >= 0.6 is 0 Å². The highest BCUT2D eigenvalue weighted by Crippen LogP contribution is 2.36. The van der Waals surface area contributed by atoms with Gasteiger partial charge in [0.05, 0.1) is 11.0 Å². The quantitative estimate of drug-likeness (QED) is 0.264. The molecular weight excluding hydrogens is 366 g/mol. The summed E-state index contributed by atoms with van der Waals surface area (Å²) in [5, 5.41) is 2.35. The van der Waals surface area contributed by atoms with E-state index in [4.69, 9.17) is 4.74 Å². The van der Waals surface area contributed by atoms with Crippen molar-refractivity contribution < 1.29 is 9.53 Å². The number of para-hydroxylation sites is 1. The number of ether oxygens (including phenoxy) is 1. The Morgan fingerprint density at radius 3 is 2.29 bits per heavy atom. The maximum absolute atomic E-state index is 11.4. The fourth-order valence-corrected chi connectivity index (χ4v) is 6.46. The number of fused-ring (bicyclic) bond motifs is 3. The first-order valence-electron chi connectivity index (χ1n) is 9.70. The van der Waals surface area contributed by atoms with Crippen LogP contribution in [0.1, 0.15) is 19.8 Å². The molecule has 0 bridgehead atoms. The van der Waals surface area contributed by atoms with E-state index >= 15 is 0 Å². The van der Waals surface area contributed by atoms with Crippen molar-refractivity contribution in [1.82, 2.24) is 4.57 Å². The molecule has 0 N–H and O–H groups in total. The number of esters is 1. The Hall–Kier alpha value is -2.72. The number of hydrogen-bond donors (Lipinski definition) is 0. The second-order valence-corrected chi connectivity index (χ2v) is 9.50. The van der Waals surface area contributed by atoms with Crippen LogP contribution in [0.25, 0.3) is 27.5 Å². The smallest absolute Gasteiger partial charge is 0.308 e. The van der Waals surface area contributed by atoms with Crippen LogP contribution in [0.4, 0.5) is 0 Å². The summed E-state index contributed by atoms with van der Waals surface area (Å²) in [5.41, 5.74) is 3.45. The average Bonchev–Trinajstić information content (AvgIpc) is 3.34. The van der Waals surface area contributed by atoms with Gasteiger partial charge in [-0.3, -0.25) is 4.79 Å². The summed E-state index contributed by atoms with van der Waals surface area (Å²) in [4.78, 5) is 12.9. The van der Waals surface area contributed by atoms with Gasteiger partial charge in [0, 0.05) is 40.3 Å². The Balaban J connectivity index is 1.78. The van der Waals surface area contributed by atoms with E-state index in [9.17, 15) is 4.79 Å². The summed E-state index contributed by atoms with van der Waals surface area (Å²) in [6.07, 6.45) is 2.67. The van der Waals surface area contributed by atoms with Gasteiger partial charge >= 0.3 is 5.97 Å². The fourth-order valence-electron chi connectivity index (χ4n) is 4.14. The molecule has 0 radical (unpaired) electrons. The minimum Gasteiger partial charge on any atom is -0.427 e. The van der Waals surface area contributed by atoms with Gasteiger partial charge in [0.2, 0.25) is 0 Å². The molecule has 1 saturated heterocycles. The number of rotatable bonds is 3. The summed E-state index contributed by atoms with van der Waals surface area (Å²) in [5.74, 6) is 2.92. The summed E-state index contributed by atoms with van der Waals surface area (Å²) in [6, 6.07) is 23.3. The monoisotopic (exact) mass is 388 g/mol. The second kappa shape index (κ2) is 7.02. The van der Waals surface area contributed by atoms with Gasteiger partial charge in [0.15, 0.2) is 4.90 Å². The number of hydrogen-bond acceptors (Lipinski definition) is 2. The molecule has 0 atom stereocenters. The van der Waals surface area contributed by atoms with E-state index in [0.717, 1.165) is 16.6 Å². The lowest BCUT2D eigenvalue weighted by molar-refractivity contribution is -0.131. The van der Waals surface area contributed by atoms with Crippen molar-refractivity contribution in [3.63, 3.8) is 0 Å². The predicted octanol–water partition coefficient (Wildman–Crippen LogP) is 5.48. The maximum Gasteiger partial charge on any atom is 0.308 e. The number of carbonyl (C=O) groups is 1. The van der Waals surface area contributed by atoms with Crippen LogP contribution in [-0.4, -0.2) is 22.0 Å². The molecule has 140 valence electrons. The van der Waals surface area contributed by atoms with Crippen LogP contribution < -0.4 is 4.74 Å². The van der Waals surface area contributed by atoms with Gasteiger partial charge in [0.25, 0.3) is 0 Å². The second-order valence-electron chi connectivity index (χ2n) is 7.23. The standard InChI is InChI=1S/C24H22NO2S/c1-17(26)27-19-9-11-23-21(15-19)22-16-20(28-13-5-6-14-28)10-12-24(22)25(23)18-7-3-2-4-8-18/h2-4,7-12,15-16H,5-6,13-14H2,1H3/q+1. The van der Waals surface area contributed by atoms with Crippen molar-refractivity contribution in [3.8, 4) is 11.4 Å². The number of nitrogens with zero attached hydrogens (tertiary/aromatic N) is 1. The van der Waals surface area contributed by atoms with E-state index in [1.54, 1.807) is 0 Å². The van der Waals surface area contributed by atoms with Crippen molar-refractivity contribution in [3.05, 3.63) is 66.7 Å². The van der Waals surface area contributed by atoms with Crippen LogP contribution in [0.3, 0.4) is 0 Å². The molecule has 4 aromatic rings. The van der Waals surface area contributed by atoms with Gasteiger partial charge in [-0.1, -0.05) is 18.2 Å². The SMILES string of the molecule is CC(=O)Oc1ccc2c(c1)c1cc([S+]3CCCC3)ccc1n2-c1ccccc1. The molecule has 1 aromatic heterocycles. The molecule has 0 amide bonds. The average molecular weight is 389 g/mol. The molecule has 0 spiro atoms. The van der Waals surface area contributed by atoms with Crippen LogP contribution in [0, 0.1) is 0 Å². The topological polar surface area (TPSA) is 31.2 Å². The summed E-state index contributed by atoms with van der Waals surface area (Å²) >= 11 is 0. The molecule has 3 nitrogen and oxygen atoms in total. The van der Waals surface area contributed by atoms with Crippen LogP contribution in [-0.2, 0) is 15.7 Å². The highest BCUT2D eigenvalue weighted by atomic mass is 32.2. The van der Waals surface area contributed by atoms with Crippen molar-refractivity contribution in [2.45, 2.75) is 24.7 Å². The first-order valence-corrected chi connectivity index (χ1v) is 11.3. The van der Waals surface area contributed by atoms with Gasteiger partial charge in [-0.25, -0.2) is 0 Å². The van der Waals surface area contributed by atoms with Gasteiger partial charge in [0.1, 0.15) is 17.3 Å². The van der Waals surface area contributed by atoms with Crippen molar-refractivity contribution >= 4 is 38.7 Å². The Kier molecular flexibility index (Phi) is 4.36. The fraction of sp³-hybridized carbons (Fsp3) is 0.208. The molecule has 0 saturated carbocycles. The molecule has 1 aliphatic rings. The molecule has 0 aliphatic carbocycles. The third-order valence-corrected chi connectivity index (χ3v) is 7.83. The Morgan fingerprint density at radius 1 is 0.893 bits per heavy atom. The van der Waals surface area contributed by atoms with E-state index in [0.29, 0.717) is 16.6 Å². The van der Waals surface area contributed by atoms with Crippen molar-refractivity contribution in [2.24, 2.45) is 0 Å². The van der Waals surface area contributed by atoms with Crippen molar-refractivity contribution in [1.29, 1.82) is 0 Å². The first kappa shape index (κ1) is 17.4. The third kappa shape index (κ3) is 2.98. The zero-order chi connectivity index (χ0) is 19.1. The Morgan fingerprint density at radius 2 is 1.57 bits per heavy atom. The zero-order valence-corrected chi connectivity index (χ0v) is 16.7. The molecule has 1 aliphatic heterocycles. The van der Waals surface area contributed by atoms with Gasteiger partial charge < -0.3 is 9.30 Å². The van der Waals surface area contributed by atoms with E-state index < -0.39 is 0 Å². The highest BCUT2D eigenvalue weighted by Gasteiger charge is 2.27. The van der Waals surface area contributed by atoms with Gasteiger partial charge in [-0.15, -0.1) is 0 Å². The first-order chi connectivity index (χ1) is 13.7. The molecule has 1 fully saturated rings. The Bertz CT molecular complexity index is 1170. The number of carbonyl (C=O) groups excluding carboxylic acids is 1. The lowest BCUT2D eigenvalue weighted by Gasteiger charge is -2.08. The maximum atomic E-state index is 11.4. The summed E-state index contributed by atoms with van der Waals surface area (Å²) in [6.45, 7) is 1.44. The molecule has 4 heteroatoms. The highest BCUT2D eigenvalue weighted by molar-refractivity contribution is 7.97. The van der Waals surface area contributed by atoms with Gasteiger partial charge in [-0.05, 0) is 55.3 Å². The molecule has 3 aromatic carbocycles. The molecule has 0 unspecified atom stereocenters. The molecule has 5 rings (SSSR count). The number of benzene rings is 3.